The molecule has 0 unspecified atom stereocenters. The van der Waals surface area contributed by atoms with Gasteiger partial charge in [0.1, 0.15) is 0 Å². The first kappa shape index (κ1) is 12.7. The van der Waals surface area contributed by atoms with Crippen molar-refractivity contribution in [2.75, 3.05) is 19.6 Å². The van der Waals surface area contributed by atoms with Gasteiger partial charge in [-0.2, -0.15) is 0 Å². The second-order valence-electron chi connectivity index (χ2n) is 3.71. The zero-order valence-electron chi connectivity index (χ0n) is 10.1. The van der Waals surface area contributed by atoms with Crippen LogP contribution in [0, 0.1) is 0 Å². The van der Waals surface area contributed by atoms with Crippen molar-refractivity contribution in [3.05, 3.63) is 35.4 Å². The molecular weight excluding hydrogens is 200 g/mol. The summed E-state index contributed by atoms with van der Waals surface area (Å²) in [5.41, 5.74) is 7.41. The number of rotatable bonds is 5. The van der Waals surface area contributed by atoms with Crippen molar-refractivity contribution < 1.29 is 4.79 Å². The molecule has 0 saturated heterocycles. The Hall–Kier alpha value is -1.35. The standard InChI is InChI=1S/C13H20N2O/c1-3-15(4-2)13(16)12-7-5-11(6-8-12)9-10-14/h5-8H,3-4,9-10,14H2,1-2H3. The van der Waals surface area contributed by atoms with Crippen molar-refractivity contribution >= 4 is 5.91 Å². The van der Waals surface area contributed by atoms with Gasteiger partial charge in [-0.1, -0.05) is 12.1 Å². The predicted molar refractivity (Wildman–Crippen MR) is 66.5 cm³/mol. The maximum Gasteiger partial charge on any atom is 0.253 e. The Morgan fingerprint density at radius 2 is 1.75 bits per heavy atom. The summed E-state index contributed by atoms with van der Waals surface area (Å²) in [5.74, 6) is 0.101. The van der Waals surface area contributed by atoms with Crippen LogP contribution in [0.3, 0.4) is 0 Å². The van der Waals surface area contributed by atoms with Gasteiger partial charge in [-0.05, 0) is 44.5 Å². The highest BCUT2D eigenvalue weighted by Crippen LogP contribution is 2.08. The average Bonchev–Trinajstić information content (AvgIpc) is 2.32. The smallest absolute Gasteiger partial charge is 0.253 e. The third-order valence-corrected chi connectivity index (χ3v) is 2.68. The normalized spacial score (nSPS) is 10.2. The number of nitrogens with two attached hydrogens (primary N) is 1. The van der Waals surface area contributed by atoms with Crippen molar-refractivity contribution in [3.8, 4) is 0 Å². The molecule has 2 N–H and O–H groups in total. The summed E-state index contributed by atoms with van der Waals surface area (Å²) in [7, 11) is 0. The van der Waals surface area contributed by atoms with E-state index >= 15 is 0 Å². The lowest BCUT2D eigenvalue weighted by molar-refractivity contribution is 0.0773. The van der Waals surface area contributed by atoms with E-state index in [4.69, 9.17) is 5.73 Å². The fraction of sp³-hybridized carbons (Fsp3) is 0.462. The van der Waals surface area contributed by atoms with Crippen LogP contribution in [0.25, 0.3) is 0 Å². The summed E-state index contributed by atoms with van der Waals surface area (Å²) >= 11 is 0. The van der Waals surface area contributed by atoms with Crippen molar-refractivity contribution in [2.45, 2.75) is 20.3 Å². The second-order valence-corrected chi connectivity index (χ2v) is 3.71. The van der Waals surface area contributed by atoms with Crippen LogP contribution in [0.5, 0.6) is 0 Å². The molecule has 3 heteroatoms. The average molecular weight is 220 g/mol. The molecule has 0 aliphatic carbocycles. The van der Waals surface area contributed by atoms with E-state index in [0.717, 1.165) is 25.1 Å². The summed E-state index contributed by atoms with van der Waals surface area (Å²) in [6, 6.07) is 7.71. The lowest BCUT2D eigenvalue weighted by atomic mass is 10.1. The van der Waals surface area contributed by atoms with E-state index < -0.39 is 0 Å². The monoisotopic (exact) mass is 220 g/mol. The number of hydrogen-bond acceptors (Lipinski definition) is 2. The van der Waals surface area contributed by atoms with Crippen LogP contribution in [-0.4, -0.2) is 30.4 Å². The van der Waals surface area contributed by atoms with E-state index in [-0.39, 0.29) is 5.91 Å². The summed E-state index contributed by atoms with van der Waals surface area (Å²) in [4.78, 5) is 13.8. The Kier molecular flexibility index (Phi) is 4.99. The van der Waals surface area contributed by atoms with E-state index in [9.17, 15) is 4.79 Å². The molecule has 0 aliphatic heterocycles. The molecule has 0 fully saturated rings. The Bertz CT molecular complexity index is 328. The molecule has 1 aromatic carbocycles. The van der Waals surface area contributed by atoms with Gasteiger partial charge in [0, 0.05) is 18.7 Å². The van der Waals surface area contributed by atoms with Crippen LogP contribution in [0.2, 0.25) is 0 Å². The summed E-state index contributed by atoms with van der Waals surface area (Å²) in [5, 5.41) is 0. The quantitative estimate of drug-likeness (QED) is 0.820. The fourth-order valence-electron chi connectivity index (χ4n) is 1.67. The van der Waals surface area contributed by atoms with Crippen LogP contribution in [0.15, 0.2) is 24.3 Å². The van der Waals surface area contributed by atoms with Crippen molar-refractivity contribution in [3.63, 3.8) is 0 Å². The first-order chi connectivity index (χ1) is 7.72. The zero-order valence-corrected chi connectivity index (χ0v) is 10.1. The molecule has 0 bridgehead atoms. The molecular formula is C13H20N2O. The van der Waals surface area contributed by atoms with Gasteiger partial charge in [-0.3, -0.25) is 4.79 Å². The van der Waals surface area contributed by atoms with Crippen molar-refractivity contribution in [2.24, 2.45) is 5.73 Å². The maximum atomic E-state index is 12.0. The topological polar surface area (TPSA) is 46.3 Å². The van der Waals surface area contributed by atoms with Gasteiger partial charge in [0.25, 0.3) is 5.91 Å². The molecule has 0 spiro atoms. The second kappa shape index (κ2) is 6.28. The van der Waals surface area contributed by atoms with Crippen molar-refractivity contribution in [1.82, 2.24) is 4.90 Å². The number of nitrogens with zero attached hydrogens (tertiary/aromatic N) is 1. The minimum absolute atomic E-state index is 0.101. The lowest BCUT2D eigenvalue weighted by Gasteiger charge is -2.18. The maximum absolute atomic E-state index is 12.0. The van der Waals surface area contributed by atoms with Crippen molar-refractivity contribution in [1.29, 1.82) is 0 Å². The summed E-state index contributed by atoms with van der Waals surface area (Å²) in [6.07, 6.45) is 0.861. The first-order valence-corrected chi connectivity index (χ1v) is 5.81. The van der Waals surface area contributed by atoms with Crippen LogP contribution in [0.4, 0.5) is 0 Å². The third-order valence-electron chi connectivity index (χ3n) is 2.68. The van der Waals surface area contributed by atoms with E-state index in [1.54, 1.807) is 0 Å². The molecule has 0 aromatic heterocycles. The molecule has 0 heterocycles. The summed E-state index contributed by atoms with van der Waals surface area (Å²) in [6.45, 7) is 6.12. The Morgan fingerprint density at radius 3 is 2.19 bits per heavy atom. The van der Waals surface area contributed by atoms with Gasteiger partial charge >= 0.3 is 0 Å². The molecule has 1 rings (SSSR count). The zero-order chi connectivity index (χ0) is 12.0. The Labute approximate surface area is 97.2 Å². The predicted octanol–water partition coefficient (Wildman–Crippen LogP) is 1.67. The fourth-order valence-corrected chi connectivity index (χ4v) is 1.67. The van der Waals surface area contributed by atoms with Gasteiger partial charge in [0.15, 0.2) is 0 Å². The minimum Gasteiger partial charge on any atom is -0.339 e. The molecule has 0 atom stereocenters. The van der Waals surface area contributed by atoms with E-state index in [2.05, 4.69) is 0 Å². The molecule has 16 heavy (non-hydrogen) atoms. The molecule has 0 radical (unpaired) electrons. The molecule has 0 saturated carbocycles. The highest BCUT2D eigenvalue weighted by Gasteiger charge is 2.11. The molecule has 1 amide bonds. The molecule has 1 aromatic rings. The number of hydrogen-bond donors (Lipinski definition) is 1. The van der Waals surface area contributed by atoms with Gasteiger partial charge in [0.05, 0.1) is 0 Å². The molecule has 0 aliphatic rings. The van der Waals surface area contributed by atoms with Crippen LogP contribution in [-0.2, 0) is 6.42 Å². The largest absolute Gasteiger partial charge is 0.339 e. The van der Waals surface area contributed by atoms with Gasteiger partial charge < -0.3 is 10.6 Å². The Balaban J connectivity index is 2.76. The van der Waals surface area contributed by atoms with Gasteiger partial charge in [-0.25, -0.2) is 0 Å². The van der Waals surface area contributed by atoms with Crippen LogP contribution < -0.4 is 5.73 Å². The highest BCUT2D eigenvalue weighted by atomic mass is 16.2. The van der Waals surface area contributed by atoms with E-state index in [1.165, 1.54) is 5.56 Å². The highest BCUT2D eigenvalue weighted by molar-refractivity contribution is 5.94. The number of amides is 1. The van der Waals surface area contributed by atoms with Gasteiger partial charge in [0.2, 0.25) is 0 Å². The third kappa shape index (κ3) is 3.07. The number of carbonyl (C=O) groups is 1. The van der Waals surface area contributed by atoms with E-state index in [1.807, 2.05) is 43.0 Å². The summed E-state index contributed by atoms with van der Waals surface area (Å²) < 4.78 is 0. The van der Waals surface area contributed by atoms with Crippen LogP contribution in [0.1, 0.15) is 29.8 Å². The molecule has 88 valence electrons. The van der Waals surface area contributed by atoms with Crippen LogP contribution >= 0.6 is 0 Å². The number of benzene rings is 1. The first-order valence-electron chi connectivity index (χ1n) is 5.81. The van der Waals surface area contributed by atoms with E-state index in [0.29, 0.717) is 6.54 Å². The molecule has 3 nitrogen and oxygen atoms in total. The van der Waals surface area contributed by atoms with Gasteiger partial charge in [-0.15, -0.1) is 0 Å². The lowest BCUT2D eigenvalue weighted by Crippen LogP contribution is -2.30. The minimum atomic E-state index is 0.101. The Morgan fingerprint density at radius 1 is 1.19 bits per heavy atom. The SMILES string of the molecule is CCN(CC)C(=O)c1ccc(CCN)cc1. The number of carbonyl (C=O) groups excluding carboxylic acids is 1.